The number of hydrogen-bond donors (Lipinski definition) is 0. The molecule has 0 atom stereocenters. The fourth-order valence-corrected chi connectivity index (χ4v) is 3.82. The molecular formula is C22H24F2N2O4. The Labute approximate surface area is 173 Å². The van der Waals surface area contributed by atoms with Crippen LogP contribution in [0.25, 0.3) is 0 Å². The van der Waals surface area contributed by atoms with E-state index in [1.165, 1.54) is 27.1 Å². The molecule has 0 unspecified atom stereocenters. The highest BCUT2D eigenvalue weighted by Gasteiger charge is 2.47. The Hall–Kier alpha value is -3.03. The summed E-state index contributed by atoms with van der Waals surface area (Å²) in [5.41, 5.74) is 0.127. The number of likely N-dealkylation sites (tertiary alicyclic amines) is 1. The molecule has 6 nitrogen and oxygen atoms in total. The van der Waals surface area contributed by atoms with Crippen LogP contribution in [0, 0.1) is 5.92 Å². The number of Topliss-reactive ketones (excluding diaryl/α,β-unsaturated/α-hetero) is 2. The van der Waals surface area contributed by atoms with Gasteiger partial charge in [-0.3, -0.25) is 14.4 Å². The standard InChI is InChI=1S/C22H24F2N2O4/c1-14(27)18-8-9-19(25(18)2)22(23,24)21(29)26-12-10-16(11-13-26)20(28)15-4-6-17(30-3)7-5-15/h4-9,16H,10-13H2,1-3H3. The largest absolute Gasteiger partial charge is 0.497 e. The van der Waals surface area contributed by atoms with E-state index in [0.29, 0.717) is 24.2 Å². The van der Waals surface area contributed by atoms with Crippen molar-refractivity contribution in [2.24, 2.45) is 13.0 Å². The highest BCUT2D eigenvalue weighted by molar-refractivity contribution is 5.98. The molecule has 30 heavy (non-hydrogen) atoms. The number of halogens is 2. The summed E-state index contributed by atoms with van der Waals surface area (Å²) >= 11 is 0. The van der Waals surface area contributed by atoms with Crippen molar-refractivity contribution in [2.75, 3.05) is 20.2 Å². The zero-order valence-electron chi connectivity index (χ0n) is 17.2. The predicted octanol–water partition coefficient (Wildman–Crippen LogP) is 3.45. The quantitative estimate of drug-likeness (QED) is 0.674. The van der Waals surface area contributed by atoms with Crippen LogP contribution < -0.4 is 4.74 Å². The van der Waals surface area contributed by atoms with E-state index < -0.39 is 17.5 Å². The third-order valence-corrected chi connectivity index (χ3v) is 5.60. The maximum absolute atomic E-state index is 14.9. The first kappa shape index (κ1) is 21.7. The summed E-state index contributed by atoms with van der Waals surface area (Å²) in [4.78, 5) is 37.9. The molecule has 0 N–H and O–H groups in total. The molecule has 0 saturated carbocycles. The van der Waals surface area contributed by atoms with Gasteiger partial charge in [-0.15, -0.1) is 0 Å². The van der Waals surface area contributed by atoms with Gasteiger partial charge in [-0.2, -0.15) is 8.78 Å². The number of aromatic nitrogens is 1. The molecule has 0 bridgehead atoms. The second kappa shape index (κ2) is 8.38. The molecular weight excluding hydrogens is 394 g/mol. The Bertz CT molecular complexity index is 958. The Morgan fingerprint density at radius 2 is 1.63 bits per heavy atom. The average molecular weight is 418 g/mol. The highest BCUT2D eigenvalue weighted by Crippen LogP contribution is 2.33. The first-order valence-corrected chi connectivity index (χ1v) is 9.69. The molecule has 2 heterocycles. The first-order valence-electron chi connectivity index (χ1n) is 9.69. The molecule has 0 radical (unpaired) electrons. The van der Waals surface area contributed by atoms with E-state index >= 15 is 0 Å². The van der Waals surface area contributed by atoms with E-state index in [4.69, 9.17) is 4.74 Å². The molecule has 1 aromatic carbocycles. The van der Waals surface area contributed by atoms with Gasteiger partial charge in [0, 0.05) is 38.5 Å². The van der Waals surface area contributed by atoms with Crippen molar-refractivity contribution in [1.82, 2.24) is 9.47 Å². The van der Waals surface area contributed by atoms with Crippen LogP contribution in [0.15, 0.2) is 36.4 Å². The van der Waals surface area contributed by atoms with Crippen LogP contribution in [0.4, 0.5) is 8.78 Å². The molecule has 0 spiro atoms. The average Bonchev–Trinajstić information content (AvgIpc) is 3.15. The highest BCUT2D eigenvalue weighted by atomic mass is 19.3. The lowest BCUT2D eigenvalue weighted by Gasteiger charge is -2.33. The lowest BCUT2D eigenvalue weighted by molar-refractivity contribution is -0.161. The van der Waals surface area contributed by atoms with E-state index in [0.717, 1.165) is 15.5 Å². The maximum atomic E-state index is 14.9. The molecule has 1 aliphatic rings. The molecule has 2 aromatic rings. The maximum Gasteiger partial charge on any atom is 0.364 e. The summed E-state index contributed by atoms with van der Waals surface area (Å²) in [6.45, 7) is 1.43. The van der Waals surface area contributed by atoms with Crippen LogP contribution in [0.3, 0.4) is 0 Å². The number of amides is 1. The van der Waals surface area contributed by atoms with Crippen molar-refractivity contribution in [3.05, 3.63) is 53.3 Å². The number of ketones is 2. The number of carbonyl (C=O) groups is 3. The van der Waals surface area contributed by atoms with Crippen molar-refractivity contribution in [3.63, 3.8) is 0 Å². The van der Waals surface area contributed by atoms with Crippen LogP contribution >= 0.6 is 0 Å². The molecule has 1 aromatic heterocycles. The van der Waals surface area contributed by atoms with Gasteiger partial charge >= 0.3 is 5.92 Å². The van der Waals surface area contributed by atoms with Crippen LogP contribution in [0.5, 0.6) is 5.75 Å². The van der Waals surface area contributed by atoms with Crippen molar-refractivity contribution >= 4 is 17.5 Å². The minimum atomic E-state index is -3.75. The Morgan fingerprint density at radius 1 is 1.03 bits per heavy atom. The lowest BCUT2D eigenvalue weighted by Crippen LogP contribution is -2.47. The van der Waals surface area contributed by atoms with E-state index in [-0.39, 0.29) is 36.3 Å². The summed E-state index contributed by atoms with van der Waals surface area (Å²) in [5, 5.41) is 0. The number of rotatable bonds is 6. The fraction of sp³-hybridized carbons (Fsp3) is 0.409. The molecule has 1 aliphatic heterocycles. The van der Waals surface area contributed by atoms with Gasteiger partial charge in [0.25, 0.3) is 5.91 Å². The van der Waals surface area contributed by atoms with E-state index in [9.17, 15) is 23.2 Å². The first-order chi connectivity index (χ1) is 14.2. The number of alkyl halides is 2. The molecule has 160 valence electrons. The SMILES string of the molecule is COc1ccc(C(=O)C2CCN(C(=O)C(F)(F)c3ccc(C(C)=O)n3C)CC2)cc1. The summed E-state index contributed by atoms with van der Waals surface area (Å²) < 4.78 is 35.9. The molecule has 0 aliphatic carbocycles. The van der Waals surface area contributed by atoms with E-state index in [1.54, 1.807) is 24.3 Å². The number of piperidine rings is 1. The van der Waals surface area contributed by atoms with Crippen LogP contribution in [-0.4, -0.2) is 47.1 Å². The minimum absolute atomic E-state index is 0.0648. The number of methoxy groups -OCH3 is 1. The molecule has 3 rings (SSSR count). The number of ether oxygens (including phenoxy) is 1. The summed E-state index contributed by atoms with van der Waals surface area (Å²) in [5.74, 6) is -5.17. The predicted molar refractivity (Wildman–Crippen MR) is 106 cm³/mol. The molecule has 1 saturated heterocycles. The van der Waals surface area contributed by atoms with Gasteiger partial charge in [-0.1, -0.05) is 0 Å². The zero-order valence-corrected chi connectivity index (χ0v) is 17.2. The van der Waals surface area contributed by atoms with Gasteiger partial charge in [0.05, 0.1) is 18.5 Å². The second-order valence-corrected chi connectivity index (χ2v) is 7.45. The van der Waals surface area contributed by atoms with Gasteiger partial charge < -0.3 is 14.2 Å². The van der Waals surface area contributed by atoms with Gasteiger partial charge in [0.2, 0.25) is 0 Å². The molecule has 8 heteroatoms. The van der Waals surface area contributed by atoms with Crippen molar-refractivity contribution in [2.45, 2.75) is 25.7 Å². The van der Waals surface area contributed by atoms with Gasteiger partial charge in [0.1, 0.15) is 5.75 Å². The summed E-state index contributed by atoms with van der Waals surface area (Å²) in [6.07, 6.45) is 0.636. The number of hydrogen-bond acceptors (Lipinski definition) is 4. The minimum Gasteiger partial charge on any atom is -0.497 e. The Kier molecular flexibility index (Phi) is 6.05. The topological polar surface area (TPSA) is 68.6 Å². The lowest BCUT2D eigenvalue weighted by atomic mass is 9.88. The summed E-state index contributed by atoms with van der Waals surface area (Å²) in [7, 11) is 2.88. The van der Waals surface area contributed by atoms with Crippen molar-refractivity contribution in [1.29, 1.82) is 0 Å². The fourth-order valence-electron chi connectivity index (χ4n) is 3.82. The molecule has 1 fully saturated rings. The smallest absolute Gasteiger partial charge is 0.364 e. The van der Waals surface area contributed by atoms with Crippen molar-refractivity contribution in [3.8, 4) is 5.75 Å². The monoisotopic (exact) mass is 418 g/mol. The normalized spacial score (nSPS) is 15.2. The number of carbonyl (C=O) groups excluding carboxylic acids is 3. The Morgan fingerprint density at radius 3 is 2.13 bits per heavy atom. The van der Waals surface area contributed by atoms with Crippen molar-refractivity contribution < 1.29 is 27.9 Å². The summed E-state index contributed by atoms with van der Waals surface area (Å²) in [6, 6.07) is 9.14. The van der Waals surface area contributed by atoms with Gasteiger partial charge in [0.15, 0.2) is 11.6 Å². The third-order valence-electron chi connectivity index (χ3n) is 5.60. The second-order valence-electron chi connectivity index (χ2n) is 7.45. The number of benzene rings is 1. The van der Waals surface area contributed by atoms with Gasteiger partial charge in [-0.05, 0) is 49.2 Å². The van der Waals surface area contributed by atoms with Crippen LogP contribution in [-0.2, 0) is 17.8 Å². The van der Waals surface area contributed by atoms with Crippen LogP contribution in [0.1, 0.15) is 46.3 Å². The number of nitrogens with zero attached hydrogens (tertiary/aromatic N) is 2. The van der Waals surface area contributed by atoms with E-state index in [2.05, 4.69) is 0 Å². The zero-order chi connectivity index (χ0) is 22.1. The van der Waals surface area contributed by atoms with Crippen LogP contribution in [0.2, 0.25) is 0 Å². The van der Waals surface area contributed by atoms with Gasteiger partial charge in [-0.25, -0.2) is 0 Å². The van der Waals surface area contributed by atoms with E-state index in [1.807, 2.05) is 0 Å². The Balaban J connectivity index is 1.67. The molecule has 1 amide bonds. The third kappa shape index (κ3) is 3.99.